The molecule has 0 bridgehead atoms. The minimum Gasteiger partial charge on any atom is -0.444 e. The highest BCUT2D eigenvalue weighted by molar-refractivity contribution is 6.33. The molecule has 4 rings (SSSR count). The van der Waals surface area contributed by atoms with Crippen LogP contribution in [0.15, 0.2) is 78.9 Å². The van der Waals surface area contributed by atoms with E-state index in [9.17, 15) is 9.59 Å². The van der Waals surface area contributed by atoms with E-state index in [2.05, 4.69) is 5.32 Å². The Morgan fingerprint density at radius 2 is 1.62 bits per heavy atom. The van der Waals surface area contributed by atoms with Gasteiger partial charge in [-0.15, -0.1) is 0 Å². The van der Waals surface area contributed by atoms with Crippen LogP contribution in [0.1, 0.15) is 17.5 Å². The van der Waals surface area contributed by atoms with E-state index >= 15 is 0 Å². The number of urea groups is 1. The molecule has 1 heterocycles. The number of nitrogens with one attached hydrogen (secondary N) is 1. The fourth-order valence-corrected chi connectivity index (χ4v) is 3.78. The molecule has 0 unspecified atom stereocenters. The van der Waals surface area contributed by atoms with Crippen LogP contribution in [-0.2, 0) is 17.9 Å². The fourth-order valence-electron chi connectivity index (χ4n) is 3.62. The molecule has 164 valence electrons. The predicted octanol–water partition coefficient (Wildman–Crippen LogP) is 5.92. The van der Waals surface area contributed by atoms with Crippen LogP contribution in [0.5, 0.6) is 0 Å². The average molecular weight is 450 g/mol. The molecule has 1 aliphatic heterocycles. The van der Waals surface area contributed by atoms with Crippen molar-refractivity contribution in [1.82, 2.24) is 4.90 Å². The lowest BCUT2D eigenvalue weighted by Crippen LogP contribution is -2.49. The van der Waals surface area contributed by atoms with E-state index in [-0.39, 0.29) is 12.6 Å². The molecule has 3 amide bonds. The lowest BCUT2D eigenvalue weighted by Gasteiger charge is -2.36. The number of halogens is 1. The third kappa shape index (κ3) is 5.39. The van der Waals surface area contributed by atoms with Crippen LogP contribution in [-0.4, -0.2) is 30.1 Å². The topological polar surface area (TPSA) is 61.9 Å². The number of nitrogens with zero attached hydrogens (tertiary/aromatic N) is 2. The van der Waals surface area contributed by atoms with Crippen LogP contribution < -0.4 is 10.2 Å². The summed E-state index contributed by atoms with van der Waals surface area (Å²) in [5.74, 6) is 0. The molecule has 0 radical (unpaired) electrons. The lowest BCUT2D eigenvalue weighted by atomic mass is 10.1. The third-order valence-corrected chi connectivity index (χ3v) is 5.57. The molecule has 0 aromatic heterocycles. The van der Waals surface area contributed by atoms with Gasteiger partial charge in [-0.3, -0.25) is 10.2 Å². The summed E-state index contributed by atoms with van der Waals surface area (Å²) >= 11 is 6.28. The number of amides is 3. The molecular weight excluding hydrogens is 426 g/mol. The quantitative estimate of drug-likeness (QED) is 0.508. The Kier molecular flexibility index (Phi) is 6.92. The van der Waals surface area contributed by atoms with Crippen molar-refractivity contribution in [2.75, 3.05) is 23.3 Å². The number of hydrogen-bond acceptors (Lipinski definition) is 3. The monoisotopic (exact) mass is 449 g/mol. The van der Waals surface area contributed by atoms with Crippen molar-refractivity contribution >= 4 is 35.1 Å². The van der Waals surface area contributed by atoms with Crippen molar-refractivity contribution < 1.29 is 14.3 Å². The number of carbonyl (C=O) groups excluding carboxylic acids is 2. The third-order valence-electron chi connectivity index (χ3n) is 5.24. The first kappa shape index (κ1) is 21.7. The maximum absolute atomic E-state index is 13.1. The van der Waals surface area contributed by atoms with Crippen molar-refractivity contribution in [2.24, 2.45) is 0 Å². The zero-order chi connectivity index (χ0) is 22.3. The molecule has 1 saturated heterocycles. The first-order valence-corrected chi connectivity index (χ1v) is 10.9. The van der Waals surface area contributed by atoms with E-state index < -0.39 is 6.09 Å². The summed E-state index contributed by atoms with van der Waals surface area (Å²) in [7, 11) is 0. The van der Waals surface area contributed by atoms with Crippen molar-refractivity contribution in [3.05, 3.63) is 95.0 Å². The maximum Gasteiger partial charge on any atom is 0.412 e. The number of ether oxygens (including phenoxy) is 1. The molecule has 32 heavy (non-hydrogen) atoms. The largest absolute Gasteiger partial charge is 0.444 e. The van der Waals surface area contributed by atoms with Crippen molar-refractivity contribution in [3.63, 3.8) is 0 Å². The molecule has 0 aliphatic carbocycles. The standard InChI is InChI=1S/C25H24ClN3O3/c26-22-13-12-21(16-23(22)27-24(30)32-18-20-10-5-2-6-11-20)29-15-7-14-28(25(29)31)17-19-8-3-1-4-9-19/h1-6,8-13,16H,7,14-15,17-18H2,(H,27,30). The second kappa shape index (κ2) is 10.2. The molecule has 1 fully saturated rings. The Balaban J connectivity index is 1.43. The molecule has 1 aliphatic rings. The van der Waals surface area contributed by atoms with Gasteiger partial charge in [0.2, 0.25) is 0 Å². The summed E-state index contributed by atoms with van der Waals surface area (Å²) in [5, 5.41) is 3.05. The van der Waals surface area contributed by atoms with Gasteiger partial charge < -0.3 is 9.64 Å². The van der Waals surface area contributed by atoms with Crippen molar-refractivity contribution in [2.45, 2.75) is 19.6 Å². The highest BCUT2D eigenvalue weighted by Gasteiger charge is 2.27. The van der Waals surface area contributed by atoms with Gasteiger partial charge in [0.05, 0.1) is 10.7 Å². The molecule has 1 N–H and O–H groups in total. The number of anilines is 2. The Morgan fingerprint density at radius 1 is 0.938 bits per heavy atom. The first-order chi connectivity index (χ1) is 15.6. The van der Waals surface area contributed by atoms with Crippen LogP contribution in [0.25, 0.3) is 0 Å². The zero-order valence-corrected chi connectivity index (χ0v) is 18.3. The summed E-state index contributed by atoms with van der Waals surface area (Å²) < 4.78 is 5.28. The van der Waals surface area contributed by atoms with Gasteiger partial charge >= 0.3 is 12.1 Å². The zero-order valence-electron chi connectivity index (χ0n) is 17.5. The van der Waals surface area contributed by atoms with Crippen LogP contribution in [0.4, 0.5) is 21.0 Å². The minimum atomic E-state index is -0.608. The van der Waals surface area contributed by atoms with E-state index in [0.29, 0.717) is 36.0 Å². The number of benzene rings is 3. The first-order valence-electron chi connectivity index (χ1n) is 10.5. The Morgan fingerprint density at radius 3 is 2.34 bits per heavy atom. The summed E-state index contributed by atoms with van der Waals surface area (Å²) in [5.41, 5.74) is 3.05. The van der Waals surface area contributed by atoms with E-state index in [1.165, 1.54) is 0 Å². The van der Waals surface area contributed by atoms with Gasteiger partial charge in [-0.1, -0.05) is 72.3 Å². The highest BCUT2D eigenvalue weighted by atomic mass is 35.5. The van der Waals surface area contributed by atoms with E-state index in [4.69, 9.17) is 16.3 Å². The summed E-state index contributed by atoms with van der Waals surface area (Å²) in [6, 6.07) is 24.4. The SMILES string of the molecule is O=C(Nc1cc(N2CCCN(Cc3ccccc3)C2=O)ccc1Cl)OCc1ccccc1. The number of hydrogen-bond donors (Lipinski definition) is 1. The summed E-state index contributed by atoms with van der Waals surface area (Å²) in [6.07, 6.45) is 0.242. The van der Waals surface area contributed by atoms with Crippen LogP contribution in [0.3, 0.4) is 0 Å². The summed E-state index contributed by atoms with van der Waals surface area (Å²) in [6.45, 7) is 2.02. The van der Waals surface area contributed by atoms with E-state index in [1.54, 1.807) is 23.1 Å². The smallest absolute Gasteiger partial charge is 0.412 e. The lowest BCUT2D eigenvalue weighted by molar-refractivity contribution is 0.155. The Bertz CT molecular complexity index is 1080. The van der Waals surface area contributed by atoms with Gasteiger partial charge in [-0.05, 0) is 35.7 Å². The highest BCUT2D eigenvalue weighted by Crippen LogP contribution is 2.30. The van der Waals surface area contributed by atoms with Gasteiger partial charge in [0, 0.05) is 25.3 Å². The second-order valence-electron chi connectivity index (χ2n) is 7.55. The van der Waals surface area contributed by atoms with E-state index in [0.717, 1.165) is 17.5 Å². The van der Waals surface area contributed by atoms with Crippen LogP contribution >= 0.6 is 11.6 Å². The Hall–Kier alpha value is -3.51. The molecule has 6 nitrogen and oxygen atoms in total. The Labute approximate surface area is 192 Å². The predicted molar refractivity (Wildman–Crippen MR) is 126 cm³/mol. The normalized spacial score (nSPS) is 13.7. The molecule has 3 aromatic carbocycles. The van der Waals surface area contributed by atoms with E-state index in [1.807, 2.05) is 65.6 Å². The minimum absolute atomic E-state index is 0.0694. The second-order valence-corrected chi connectivity index (χ2v) is 7.95. The van der Waals surface area contributed by atoms with Crippen molar-refractivity contribution in [3.8, 4) is 0 Å². The molecule has 7 heteroatoms. The molecule has 3 aromatic rings. The van der Waals surface area contributed by atoms with Gasteiger partial charge in [0.25, 0.3) is 0 Å². The van der Waals surface area contributed by atoms with Gasteiger partial charge in [0.15, 0.2) is 0 Å². The van der Waals surface area contributed by atoms with Gasteiger partial charge in [0.1, 0.15) is 6.61 Å². The molecule has 0 saturated carbocycles. The van der Waals surface area contributed by atoms with Gasteiger partial charge in [-0.25, -0.2) is 9.59 Å². The number of rotatable bonds is 6. The van der Waals surface area contributed by atoms with Gasteiger partial charge in [-0.2, -0.15) is 0 Å². The molecule has 0 spiro atoms. The fraction of sp³-hybridized carbons (Fsp3) is 0.200. The summed E-state index contributed by atoms with van der Waals surface area (Å²) in [4.78, 5) is 28.9. The van der Waals surface area contributed by atoms with Crippen LogP contribution in [0, 0.1) is 0 Å². The van der Waals surface area contributed by atoms with Crippen molar-refractivity contribution in [1.29, 1.82) is 0 Å². The molecular formula is C25H24ClN3O3. The average Bonchev–Trinajstić information content (AvgIpc) is 2.82. The maximum atomic E-state index is 13.1. The molecule has 0 atom stereocenters. The van der Waals surface area contributed by atoms with Crippen LogP contribution in [0.2, 0.25) is 5.02 Å². The number of carbonyl (C=O) groups is 2.